The minimum absolute atomic E-state index is 0.0242. The van der Waals surface area contributed by atoms with Crippen LogP contribution in [-0.2, 0) is 15.0 Å². The summed E-state index contributed by atoms with van der Waals surface area (Å²) in [6, 6.07) is 25.2. The fraction of sp³-hybridized carbons (Fsp3) is 0.396. The maximum atomic E-state index is 12.9. The standard InChI is InChI=1S/C48H54N10O4/c1-29-24-34(10-15-38(29)30(2)50-46(61)44-52-47(62-55-44)48(3,4)5)42-40-25-35(26-49-43(40)54-53-42)32-6-11-36(12-7-32)57-22-20-56(21-23-57)27-31-18-19-58(28-31)37-13-8-33(9-14-37)39-16-17-41(59)51-45(39)60/h6-15,24-26,30-31,39H,16-23,27-28H2,1-5H3,(H,50,61)(H,49,53,54)(H,51,59,60)/t30-,31?,39?/m1/s1. The number of rotatable bonds is 10. The number of H-pyrrole nitrogens is 1. The first-order valence-corrected chi connectivity index (χ1v) is 21.7. The van der Waals surface area contributed by atoms with Crippen molar-refractivity contribution in [2.45, 2.75) is 71.3 Å². The quantitative estimate of drug-likeness (QED) is 0.123. The molecule has 0 spiro atoms. The van der Waals surface area contributed by atoms with Crippen molar-refractivity contribution in [1.82, 2.24) is 40.9 Å². The number of piperazine rings is 1. The van der Waals surface area contributed by atoms with Crippen LogP contribution in [0.2, 0.25) is 0 Å². The SMILES string of the molecule is Cc1cc(-c2[nH]nc3ncc(-c4ccc(N5CCN(CC6CCN(c7ccc(C8CCC(=O)NC8=O)cc7)C6)CC5)cc4)cc23)ccc1[C@@H](C)NC(=O)c1noc(C(C)(C)C)n1. The highest BCUT2D eigenvalue weighted by Crippen LogP contribution is 2.33. The summed E-state index contributed by atoms with van der Waals surface area (Å²) in [6.07, 6.45) is 4.03. The second-order valence-electron chi connectivity index (χ2n) is 18.2. The lowest BCUT2D eigenvalue weighted by Crippen LogP contribution is -2.48. The molecule has 3 atom stereocenters. The van der Waals surface area contributed by atoms with E-state index in [1.807, 2.05) is 52.9 Å². The number of fused-ring (bicyclic) bond motifs is 1. The van der Waals surface area contributed by atoms with Crippen molar-refractivity contribution in [1.29, 1.82) is 0 Å². The Morgan fingerprint density at radius 3 is 2.32 bits per heavy atom. The summed E-state index contributed by atoms with van der Waals surface area (Å²) < 4.78 is 5.32. The van der Waals surface area contributed by atoms with Gasteiger partial charge in [-0.1, -0.05) is 62.3 Å². The Kier molecular flexibility index (Phi) is 11.1. The zero-order valence-corrected chi connectivity index (χ0v) is 36.1. The first-order valence-electron chi connectivity index (χ1n) is 21.7. The largest absolute Gasteiger partial charge is 0.371 e. The molecular weight excluding hydrogens is 781 g/mol. The molecule has 14 heteroatoms. The Morgan fingerprint density at radius 2 is 1.61 bits per heavy atom. The van der Waals surface area contributed by atoms with E-state index >= 15 is 0 Å². The average Bonchev–Trinajstić information content (AvgIpc) is 4.05. The minimum atomic E-state index is -0.381. The molecule has 2 unspecified atom stereocenters. The lowest BCUT2D eigenvalue weighted by Gasteiger charge is -2.37. The third-order valence-electron chi connectivity index (χ3n) is 12.7. The Balaban J connectivity index is 0.783. The zero-order chi connectivity index (χ0) is 43.1. The summed E-state index contributed by atoms with van der Waals surface area (Å²) >= 11 is 0. The minimum Gasteiger partial charge on any atom is -0.371 e. The number of piperidine rings is 1. The van der Waals surface area contributed by atoms with Crippen molar-refractivity contribution in [2.24, 2.45) is 5.92 Å². The van der Waals surface area contributed by atoms with Gasteiger partial charge in [-0.3, -0.25) is 29.7 Å². The molecule has 3 aromatic carbocycles. The molecule has 3 amide bonds. The van der Waals surface area contributed by atoms with Crippen LogP contribution in [0.1, 0.15) is 92.1 Å². The number of pyridine rings is 1. The lowest BCUT2D eigenvalue weighted by atomic mass is 9.90. The van der Waals surface area contributed by atoms with Gasteiger partial charge in [-0.2, -0.15) is 10.1 Å². The lowest BCUT2D eigenvalue weighted by molar-refractivity contribution is -0.134. The smallest absolute Gasteiger partial charge is 0.293 e. The van der Waals surface area contributed by atoms with E-state index in [4.69, 9.17) is 9.51 Å². The molecule has 3 N–H and O–H groups in total. The second-order valence-corrected chi connectivity index (χ2v) is 18.2. The molecule has 3 saturated heterocycles. The number of hydrogen-bond donors (Lipinski definition) is 3. The maximum Gasteiger partial charge on any atom is 0.293 e. The van der Waals surface area contributed by atoms with Crippen LogP contribution < -0.4 is 20.4 Å². The molecule has 0 aliphatic carbocycles. The summed E-state index contributed by atoms with van der Waals surface area (Å²) in [5, 5.41) is 18.0. The number of aromatic amines is 1. The van der Waals surface area contributed by atoms with Crippen molar-refractivity contribution in [3.8, 4) is 22.4 Å². The number of carbonyl (C=O) groups excluding carboxylic acids is 3. The number of hydrogen-bond acceptors (Lipinski definition) is 11. The van der Waals surface area contributed by atoms with E-state index in [0.29, 0.717) is 30.3 Å². The van der Waals surface area contributed by atoms with Crippen molar-refractivity contribution < 1.29 is 18.9 Å². The Morgan fingerprint density at radius 1 is 0.887 bits per heavy atom. The van der Waals surface area contributed by atoms with Crippen LogP contribution in [-0.4, -0.2) is 93.8 Å². The van der Waals surface area contributed by atoms with Gasteiger partial charge >= 0.3 is 0 Å². The van der Waals surface area contributed by atoms with E-state index in [2.05, 4.69) is 106 Å². The van der Waals surface area contributed by atoms with Crippen molar-refractivity contribution in [2.75, 3.05) is 55.6 Å². The number of nitrogens with one attached hydrogen (secondary N) is 3. The zero-order valence-electron chi connectivity index (χ0n) is 36.1. The van der Waals surface area contributed by atoms with Crippen molar-refractivity contribution >= 4 is 40.1 Å². The normalized spacial score (nSPS) is 19.2. The predicted molar refractivity (Wildman–Crippen MR) is 239 cm³/mol. The number of aryl methyl sites for hydroxylation is 1. The molecule has 6 heterocycles. The molecule has 0 bridgehead atoms. The Labute approximate surface area is 361 Å². The van der Waals surface area contributed by atoms with Crippen LogP contribution in [0.3, 0.4) is 0 Å². The molecule has 0 saturated carbocycles. The molecule has 3 fully saturated rings. The summed E-state index contributed by atoms with van der Waals surface area (Å²) in [5.41, 5.74) is 9.72. The van der Waals surface area contributed by atoms with Gasteiger partial charge in [0, 0.05) is 91.7 Å². The molecule has 0 radical (unpaired) electrons. The van der Waals surface area contributed by atoms with Gasteiger partial charge in [0.25, 0.3) is 11.7 Å². The van der Waals surface area contributed by atoms with Gasteiger partial charge in [0.15, 0.2) is 5.65 Å². The van der Waals surface area contributed by atoms with Crippen molar-refractivity contribution in [3.05, 3.63) is 107 Å². The van der Waals surface area contributed by atoms with E-state index in [-0.39, 0.29) is 40.9 Å². The van der Waals surface area contributed by atoms with Gasteiger partial charge in [-0.25, -0.2) is 4.98 Å². The molecule has 9 rings (SSSR count). The maximum absolute atomic E-state index is 12.9. The Hall–Kier alpha value is -6.41. The summed E-state index contributed by atoms with van der Waals surface area (Å²) in [5.74, 6) is 0.0718. The van der Waals surface area contributed by atoms with E-state index in [9.17, 15) is 14.4 Å². The third-order valence-corrected chi connectivity index (χ3v) is 12.7. The van der Waals surface area contributed by atoms with Crippen LogP contribution in [0.4, 0.5) is 11.4 Å². The first-order chi connectivity index (χ1) is 29.9. The van der Waals surface area contributed by atoms with Crippen LogP contribution in [0.5, 0.6) is 0 Å². The molecular formula is C48H54N10O4. The van der Waals surface area contributed by atoms with Gasteiger partial charge in [0.1, 0.15) is 0 Å². The van der Waals surface area contributed by atoms with Gasteiger partial charge in [0.05, 0.1) is 17.7 Å². The number of aromatic nitrogens is 5. The number of imide groups is 1. The van der Waals surface area contributed by atoms with Gasteiger partial charge in [-0.15, -0.1) is 0 Å². The molecule has 62 heavy (non-hydrogen) atoms. The molecule has 320 valence electrons. The van der Waals surface area contributed by atoms with Crippen LogP contribution >= 0.6 is 0 Å². The third kappa shape index (κ3) is 8.56. The number of carbonyl (C=O) groups is 3. The van der Waals surface area contributed by atoms with E-state index in [1.165, 1.54) is 17.8 Å². The summed E-state index contributed by atoms with van der Waals surface area (Å²) in [4.78, 5) is 53.4. The van der Waals surface area contributed by atoms with E-state index < -0.39 is 0 Å². The molecule has 6 aromatic rings. The topological polar surface area (TPSA) is 165 Å². The second kappa shape index (κ2) is 16.8. The summed E-state index contributed by atoms with van der Waals surface area (Å²) in [7, 11) is 0. The monoisotopic (exact) mass is 834 g/mol. The highest BCUT2D eigenvalue weighted by atomic mass is 16.5. The van der Waals surface area contributed by atoms with Crippen molar-refractivity contribution in [3.63, 3.8) is 0 Å². The van der Waals surface area contributed by atoms with Gasteiger partial charge < -0.3 is 19.6 Å². The Bertz CT molecular complexity index is 2600. The first kappa shape index (κ1) is 41.0. The van der Waals surface area contributed by atoms with E-state index in [0.717, 1.165) is 90.3 Å². The highest BCUT2D eigenvalue weighted by Gasteiger charge is 2.30. The number of nitrogens with zero attached hydrogens (tertiary/aromatic N) is 7. The van der Waals surface area contributed by atoms with Gasteiger partial charge in [0.2, 0.25) is 17.7 Å². The highest BCUT2D eigenvalue weighted by molar-refractivity contribution is 6.01. The number of anilines is 2. The fourth-order valence-corrected chi connectivity index (χ4v) is 9.12. The predicted octanol–water partition coefficient (Wildman–Crippen LogP) is 6.94. The van der Waals surface area contributed by atoms with Crippen LogP contribution in [0, 0.1) is 12.8 Å². The van der Waals surface area contributed by atoms with Crippen LogP contribution in [0.25, 0.3) is 33.4 Å². The average molecular weight is 835 g/mol. The fourth-order valence-electron chi connectivity index (χ4n) is 9.12. The summed E-state index contributed by atoms with van der Waals surface area (Å²) in [6.45, 7) is 17.1. The number of benzene rings is 3. The molecule has 3 aromatic heterocycles. The van der Waals surface area contributed by atoms with Crippen LogP contribution in [0.15, 0.2) is 83.5 Å². The molecule has 14 nitrogen and oxygen atoms in total. The van der Waals surface area contributed by atoms with Gasteiger partial charge in [-0.05, 0) is 91.3 Å². The molecule has 3 aliphatic rings. The molecule has 3 aliphatic heterocycles. The number of amides is 3. The van der Waals surface area contributed by atoms with E-state index in [1.54, 1.807) is 0 Å².